The van der Waals surface area contributed by atoms with Crippen LogP contribution in [0.15, 0.2) is 0 Å². The number of carbonyl (C=O) groups is 2. The quantitative estimate of drug-likeness (QED) is 0.372. The lowest BCUT2D eigenvalue weighted by atomic mass is 10.3. The number of thiol groups is 1. The monoisotopic (exact) mass is 162 g/mol. The van der Waals surface area contributed by atoms with Crippen LogP contribution in [0.4, 0.5) is 0 Å². The Hall–Kier alpha value is -0.510. The van der Waals surface area contributed by atoms with Gasteiger partial charge in [-0.25, -0.2) is 0 Å². The Balaban J connectivity index is 3.82. The molecule has 3 nitrogen and oxygen atoms in total. The van der Waals surface area contributed by atoms with E-state index >= 15 is 0 Å². The summed E-state index contributed by atoms with van der Waals surface area (Å²) in [6.45, 7) is 3.26. The molecule has 0 aromatic carbocycles. The van der Waals surface area contributed by atoms with Crippen molar-refractivity contribution in [2.45, 2.75) is 19.1 Å². The Kier molecular flexibility index (Phi) is 4.11. The van der Waals surface area contributed by atoms with E-state index in [4.69, 9.17) is 0 Å². The van der Waals surface area contributed by atoms with Crippen LogP contribution in [0, 0.1) is 0 Å². The van der Waals surface area contributed by atoms with Crippen molar-refractivity contribution >= 4 is 24.4 Å². The highest BCUT2D eigenvalue weighted by molar-refractivity contribution is 7.82. The molecule has 0 fully saturated rings. The molecule has 0 spiro atoms. The number of esters is 1. The summed E-state index contributed by atoms with van der Waals surface area (Å²) in [5.41, 5.74) is 0. The molecule has 58 valence electrons. The van der Waals surface area contributed by atoms with Crippen molar-refractivity contribution in [2.75, 3.05) is 6.61 Å². The van der Waals surface area contributed by atoms with E-state index in [0.717, 1.165) is 0 Å². The molecule has 0 heterocycles. The van der Waals surface area contributed by atoms with Gasteiger partial charge in [0.25, 0.3) is 0 Å². The van der Waals surface area contributed by atoms with Gasteiger partial charge >= 0.3 is 5.97 Å². The number of Topliss-reactive ketones (excluding diaryl/α,β-unsaturated/α-hetero) is 1. The second-order valence-electron chi connectivity index (χ2n) is 1.77. The number of hydrogen-bond donors (Lipinski definition) is 1. The fourth-order valence-electron chi connectivity index (χ4n) is 0.387. The number of hydrogen-bond acceptors (Lipinski definition) is 4. The van der Waals surface area contributed by atoms with Gasteiger partial charge in [0, 0.05) is 0 Å². The number of ketones is 1. The van der Waals surface area contributed by atoms with Crippen molar-refractivity contribution < 1.29 is 14.3 Å². The number of carbonyl (C=O) groups excluding carboxylic acids is 2. The lowest BCUT2D eigenvalue weighted by molar-refractivity contribution is -0.144. The average Bonchev–Trinajstić information content (AvgIpc) is 1.87. The highest BCUT2D eigenvalue weighted by Crippen LogP contribution is 1.98. The molecule has 0 N–H and O–H groups in total. The fraction of sp³-hybridized carbons (Fsp3) is 0.667. The van der Waals surface area contributed by atoms with Crippen molar-refractivity contribution in [2.24, 2.45) is 0 Å². The van der Waals surface area contributed by atoms with Gasteiger partial charge in [-0.3, -0.25) is 9.59 Å². The van der Waals surface area contributed by atoms with Gasteiger partial charge in [-0.1, -0.05) is 0 Å². The first-order chi connectivity index (χ1) is 4.59. The second kappa shape index (κ2) is 4.33. The molecule has 0 rings (SSSR count). The Morgan fingerprint density at radius 3 is 2.40 bits per heavy atom. The van der Waals surface area contributed by atoms with E-state index in [0.29, 0.717) is 0 Å². The Morgan fingerprint density at radius 2 is 2.10 bits per heavy atom. The second-order valence-corrected chi connectivity index (χ2v) is 2.28. The molecule has 0 aliphatic carbocycles. The van der Waals surface area contributed by atoms with Gasteiger partial charge in [-0.15, -0.1) is 0 Å². The van der Waals surface area contributed by atoms with Crippen molar-refractivity contribution in [3.8, 4) is 0 Å². The van der Waals surface area contributed by atoms with Gasteiger partial charge in [0.1, 0.15) is 0 Å². The molecule has 0 aliphatic rings. The minimum Gasteiger partial charge on any atom is -0.465 e. The molecule has 0 aliphatic heterocycles. The molecular formula is C6H10O3S. The zero-order chi connectivity index (χ0) is 8.15. The van der Waals surface area contributed by atoms with Crippen LogP contribution in [-0.2, 0) is 14.3 Å². The maximum Gasteiger partial charge on any atom is 0.326 e. The lowest BCUT2D eigenvalue weighted by Crippen LogP contribution is -2.24. The minimum absolute atomic E-state index is 0.281. The van der Waals surface area contributed by atoms with Crippen LogP contribution < -0.4 is 0 Å². The van der Waals surface area contributed by atoms with E-state index in [1.807, 2.05) is 0 Å². The zero-order valence-corrected chi connectivity index (χ0v) is 6.85. The third kappa shape index (κ3) is 2.87. The SMILES string of the molecule is CCOC(=O)[C@H](S)C(C)=O. The molecule has 0 amide bonds. The van der Waals surface area contributed by atoms with E-state index in [1.165, 1.54) is 6.92 Å². The summed E-state index contributed by atoms with van der Waals surface area (Å²) in [7, 11) is 0. The van der Waals surface area contributed by atoms with E-state index < -0.39 is 11.2 Å². The van der Waals surface area contributed by atoms with E-state index in [9.17, 15) is 9.59 Å². The van der Waals surface area contributed by atoms with Crippen LogP contribution in [0.1, 0.15) is 13.8 Å². The van der Waals surface area contributed by atoms with Crippen molar-refractivity contribution in [1.82, 2.24) is 0 Å². The van der Waals surface area contributed by atoms with Crippen LogP contribution in [-0.4, -0.2) is 23.6 Å². The molecule has 0 aromatic rings. The predicted octanol–water partition coefficient (Wildman–Crippen LogP) is 0.437. The lowest BCUT2D eigenvalue weighted by Gasteiger charge is -2.04. The number of ether oxygens (including phenoxy) is 1. The average molecular weight is 162 g/mol. The van der Waals surface area contributed by atoms with Gasteiger partial charge in [-0.2, -0.15) is 12.6 Å². The molecule has 10 heavy (non-hydrogen) atoms. The van der Waals surface area contributed by atoms with Crippen molar-refractivity contribution in [3.63, 3.8) is 0 Å². The summed E-state index contributed by atoms with van der Waals surface area (Å²) in [4.78, 5) is 21.1. The molecule has 0 saturated heterocycles. The maximum atomic E-state index is 10.7. The predicted molar refractivity (Wildman–Crippen MR) is 40.1 cm³/mol. The first-order valence-electron chi connectivity index (χ1n) is 2.94. The Labute approximate surface area is 65.2 Å². The summed E-state index contributed by atoms with van der Waals surface area (Å²) in [5.74, 6) is -0.861. The normalized spacial score (nSPS) is 12.3. The van der Waals surface area contributed by atoms with Gasteiger partial charge in [0.05, 0.1) is 6.61 Å². The molecule has 0 aromatic heterocycles. The van der Waals surface area contributed by atoms with Gasteiger partial charge in [0.15, 0.2) is 11.0 Å². The van der Waals surface area contributed by atoms with E-state index in [2.05, 4.69) is 17.4 Å². The summed E-state index contributed by atoms with van der Waals surface area (Å²) in [5, 5.41) is -0.917. The van der Waals surface area contributed by atoms with Crippen LogP contribution in [0.5, 0.6) is 0 Å². The first kappa shape index (κ1) is 9.49. The smallest absolute Gasteiger partial charge is 0.326 e. The standard InChI is InChI=1S/C6H10O3S/c1-3-9-6(8)5(10)4(2)7/h5,10H,3H2,1-2H3/t5-/m1/s1. The van der Waals surface area contributed by atoms with Crippen molar-refractivity contribution in [3.05, 3.63) is 0 Å². The Morgan fingerprint density at radius 1 is 1.60 bits per heavy atom. The number of rotatable bonds is 3. The maximum absolute atomic E-state index is 10.7. The molecule has 1 atom stereocenters. The van der Waals surface area contributed by atoms with E-state index in [-0.39, 0.29) is 12.4 Å². The molecule has 0 radical (unpaired) electrons. The van der Waals surface area contributed by atoms with Crippen LogP contribution in [0.2, 0.25) is 0 Å². The summed E-state index contributed by atoms with van der Waals surface area (Å²) in [6.07, 6.45) is 0. The van der Waals surface area contributed by atoms with Gasteiger partial charge < -0.3 is 4.74 Å². The minimum atomic E-state index is -0.917. The fourth-order valence-corrected chi connectivity index (χ4v) is 0.462. The molecule has 4 heteroatoms. The van der Waals surface area contributed by atoms with Gasteiger partial charge in [0.2, 0.25) is 0 Å². The van der Waals surface area contributed by atoms with Gasteiger partial charge in [-0.05, 0) is 13.8 Å². The van der Waals surface area contributed by atoms with Crippen LogP contribution in [0.25, 0.3) is 0 Å². The highest BCUT2D eigenvalue weighted by Gasteiger charge is 2.18. The largest absolute Gasteiger partial charge is 0.465 e. The van der Waals surface area contributed by atoms with Crippen LogP contribution >= 0.6 is 12.6 Å². The van der Waals surface area contributed by atoms with Crippen molar-refractivity contribution in [1.29, 1.82) is 0 Å². The first-order valence-corrected chi connectivity index (χ1v) is 3.46. The van der Waals surface area contributed by atoms with E-state index in [1.54, 1.807) is 6.92 Å². The molecular weight excluding hydrogens is 152 g/mol. The third-order valence-electron chi connectivity index (χ3n) is 0.895. The highest BCUT2D eigenvalue weighted by atomic mass is 32.1. The summed E-state index contributed by atoms with van der Waals surface area (Å²) in [6, 6.07) is 0. The zero-order valence-electron chi connectivity index (χ0n) is 5.96. The summed E-state index contributed by atoms with van der Waals surface area (Å²) < 4.78 is 4.53. The van der Waals surface area contributed by atoms with Crippen LogP contribution in [0.3, 0.4) is 0 Å². The molecule has 0 saturated carbocycles. The topological polar surface area (TPSA) is 43.4 Å². The molecule has 0 bridgehead atoms. The molecule has 0 unspecified atom stereocenters. The summed E-state index contributed by atoms with van der Waals surface area (Å²) >= 11 is 3.73. The Bertz CT molecular complexity index is 144. The third-order valence-corrected chi connectivity index (χ3v) is 1.47.